The Morgan fingerprint density at radius 3 is 2.47 bits per heavy atom. The summed E-state index contributed by atoms with van der Waals surface area (Å²) in [6, 6.07) is 3.29. The molecular formula is C26H37ClN4O3. The minimum atomic E-state index is -0.178. The van der Waals surface area contributed by atoms with Gasteiger partial charge in [-0.1, -0.05) is 23.8 Å². The number of halogens is 1. The molecule has 2 amide bonds. The molecule has 2 saturated heterocycles. The number of hydrogen-bond acceptors (Lipinski definition) is 5. The summed E-state index contributed by atoms with van der Waals surface area (Å²) in [5.74, 6) is 1.45. The average molecular weight is 489 g/mol. The zero-order valence-corrected chi connectivity index (χ0v) is 20.9. The summed E-state index contributed by atoms with van der Waals surface area (Å²) in [5, 5.41) is 3.49. The van der Waals surface area contributed by atoms with Crippen molar-refractivity contribution in [3.05, 3.63) is 34.9 Å². The number of carbonyl (C=O) groups is 2. The quantitative estimate of drug-likeness (QED) is 0.470. The predicted molar refractivity (Wildman–Crippen MR) is 135 cm³/mol. The molecule has 4 rings (SSSR count). The third kappa shape index (κ3) is 6.05. The van der Waals surface area contributed by atoms with Gasteiger partial charge in [0.25, 0.3) is 5.91 Å². The molecule has 34 heavy (non-hydrogen) atoms. The fraction of sp³-hybridized carbons (Fsp3) is 0.615. The highest BCUT2D eigenvalue weighted by atomic mass is 35.5. The monoisotopic (exact) mass is 488 g/mol. The number of nitrogen functional groups attached to an aromatic ring is 1. The molecule has 8 heteroatoms. The van der Waals surface area contributed by atoms with Gasteiger partial charge in [0.05, 0.1) is 23.4 Å². The first-order valence-electron chi connectivity index (χ1n) is 12.5. The topological polar surface area (TPSA) is 87.9 Å². The fourth-order valence-electron chi connectivity index (χ4n) is 5.42. The van der Waals surface area contributed by atoms with Crippen molar-refractivity contribution in [1.29, 1.82) is 0 Å². The van der Waals surface area contributed by atoms with Gasteiger partial charge in [-0.25, -0.2) is 0 Å². The molecule has 3 aliphatic rings. The predicted octanol–water partition coefficient (Wildman–Crippen LogP) is 3.72. The number of allylic oxidation sites excluding steroid dienone is 2. The van der Waals surface area contributed by atoms with Crippen LogP contribution in [0.1, 0.15) is 55.3 Å². The Hall–Kier alpha value is -2.25. The standard InChI is InChI=1S/C26H37ClN4O3/c1-34-24-16-23(28)22(27)15-21(24)25(32)29-20-9-11-30(12-10-20)17-18-7-13-31(14-8-18)26(33)19-5-3-2-4-6-19/h2-3,15-16,18-20H,4-14,17,28H2,1H3,(H,29,32). The van der Waals surface area contributed by atoms with Gasteiger partial charge in [0.1, 0.15) is 5.75 Å². The molecule has 1 aromatic carbocycles. The first-order chi connectivity index (χ1) is 16.4. The number of anilines is 1. The van der Waals surface area contributed by atoms with Crippen molar-refractivity contribution in [2.24, 2.45) is 11.8 Å². The lowest BCUT2D eigenvalue weighted by molar-refractivity contribution is -0.137. The van der Waals surface area contributed by atoms with E-state index in [1.807, 2.05) is 0 Å². The Morgan fingerprint density at radius 2 is 1.82 bits per heavy atom. The maximum atomic E-state index is 12.8. The molecule has 0 saturated carbocycles. The number of benzene rings is 1. The van der Waals surface area contributed by atoms with Gasteiger partial charge in [-0.05, 0) is 56.9 Å². The number of ether oxygens (including phenoxy) is 1. The number of rotatable bonds is 6. The molecule has 7 nitrogen and oxygen atoms in total. The van der Waals surface area contributed by atoms with Crippen molar-refractivity contribution in [2.45, 2.75) is 51.0 Å². The van der Waals surface area contributed by atoms with Crippen molar-refractivity contribution >= 4 is 29.1 Å². The van der Waals surface area contributed by atoms with Crippen LogP contribution in [0.3, 0.4) is 0 Å². The van der Waals surface area contributed by atoms with Crippen LogP contribution < -0.4 is 15.8 Å². The van der Waals surface area contributed by atoms with Crippen molar-refractivity contribution < 1.29 is 14.3 Å². The highest BCUT2D eigenvalue weighted by Crippen LogP contribution is 2.29. The fourth-order valence-corrected chi connectivity index (χ4v) is 5.58. The van der Waals surface area contributed by atoms with E-state index in [1.165, 1.54) is 7.11 Å². The van der Waals surface area contributed by atoms with Gasteiger partial charge < -0.3 is 25.6 Å². The molecule has 1 atom stereocenters. The number of nitrogens with one attached hydrogen (secondary N) is 1. The number of nitrogens with two attached hydrogens (primary N) is 1. The van der Waals surface area contributed by atoms with Crippen LogP contribution in [0.4, 0.5) is 5.69 Å². The van der Waals surface area contributed by atoms with Crippen LogP contribution in [0.15, 0.2) is 24.3 Å². The number of methoxy groups -OCH3 is 1. The number of nitrogens with zero attached hydrogens (tertiary/aromatic N) is 2. The zero-order valence-electron chi connectivity index (χ0n) is 20.1. The Balaban J connectivity index is 1.19. The van der Waals surface area contributed by atoms with E-state index in [2.05, 4.69) is 27.3 Å². The summed E-state index contributed by atoms with van der Waals surface area (Å²) in [6.45, 7) is 4.80. The normalized spacial score (nSPS) is 22.5. The van der Waals surface area contributed by atoms with E-state index in [0.717, 1.165) is 77.7 Å². The smallest absolute Gasteiger partial charge is 0.255 e. The highest BCUT2D eigenvalue weighted by molar-refractivity contribution is 6.33. The number of amides is 2. The molecule has 1 aliphatic carbocycles. The lowest BCUT2D eigenvalue weighted by atomic mass is 9.90. The summed E-state index contributed by atoms with van der Waals surface area (Å²) in [6.07, 6.45) is 11.3. The van der Waals surface area contributed by atoms with Crippen molar-refractivity contribution in [3.8, 4) is 5.75 Å². The SMILES string of the molecule is COc1cc(N)c(Cl)cc1C(=O)NC1CCN(CC2CCN(C(=O)C3CC=CCC3)CC2)CC1. The molecule has 1 unspecified atom stereocenters. The van der Waals surface area contributed by atoms with Gasteiger partial charge in [-0.3, -0.25) is 9.59 Å². The lowest BCUT2D eigenvalue weighted by Gasteiger charge is -2.38. The largest absolute Gasteiger partial charge is 0.496 e. The van der Waals surface area contributed by atoms with Gasteiger partial charge in [-0.15, -0.1) is 0 Å². The molecule has 0 aromatic heterocycles. The number of carbonyl (C=O) groups excluding carboxylic acids is 2. The van der Waals surface area contributed by atoms with Crippen LogP contribution in [0.5, 0.6) is 5.75 Å². The van der Waals surface area contributed by atoms with Crippen LogP contribution in [0.2, 0.25) is 5.02 Å². The van der Waals surface area contributed by atoms with Crippen LogP contribution in [0.25, 0.3) is 0 Å². The highest BCUT2D eigenvalue weighted by Gasteiger charge is 2.30. The Morgan fingerprint density at radius 1 is 1.09 bits per heavy atom. The Kier molecular flexibility index (Phi) is 8.37. The van der Waals surface area contributed by atoms with E-state index in [0.29, 0.717) is 33.8 Å². The summed E-state index contributed by atoms with van der Waals surface area (Å²) in [7, 11) is 1.52. The van der Waals surface area contributed by atoms with Crippen LogP contribution in [0, 0.1) is 11.8 Å². The molecule has 2 fully saturated rings. The second kappa shape index (κ2) is 11.5. The third-order valence-corrected chi connectivity index (χ3v) is 7.87. The number of likely N-dealkylation sites (tertiary alicyclic amines) is 2. The second-order valence-electron chi connectivity index (χ2n) is 9.87. The summed E-state index contributed by atoms with van der Waals surface area (Å²) in [4.78, 5) is 30.2. The minimum absolute atomic E-state index is 0.133. The van der Waals surface area contributed by atoms with Gasteiger partial charge in [0.15, 0.2) is 0 Å². The summed E-state index contributed by atoms with van der Waals surface area (Å²) < 4.78 is 5.31. The van der Waals surface area contributed by atoms with Gasteiger partial charge >= 0.3 is 0 Å². The zero-order chi connectivity index (χ0) is 24.1. The van der Waals surface area contributed by atoms with Gasteiger partial charge in [0, 0.05) is 50.7 Å². The Labute approximate surface area is 207 Å². The molecule has 0 radical (unpaired) electrons. The van der Waals surface area contributed by atoms with E-state index < -0.39 is 0 Å². The number of piperidine rings is 2. The average Bonchev–Trinajstić information content (AvgIpc) is 2.87. The molecule has 1 aromatic rings. The number of hydrogen-bond donors (Lipinski definition) is 2. The van der Waals surface area contributed by atoms with Crippen molar-refractivity contribution in [2.75, 3.05) is 45.6 Å². The summed E-state index contributed by atoms with van der Waals surface area (Å²) >= 11 is 6.12. The molecule has 0 spiro atoms. The van der Waals surface area contributed by atoms with Crippen molar-refractivity contribution in [1.82, 2.24) is 15.1 Å². The van der Waals surface area contributed by atoms with E-state index in [1.54, 1.807) is 12.1 Å². The second-order valence-corrected chi connectivity index (χ2v) is 10.3. The maximum Gasteiger partial charge on any atom is 0.255 e. The van der Waals surface area contributed by atoms with Crippen LogP contribution in [-0.2, 0) is 4.79 Å². The van der Waals surface area contributed by atoms with Gasteiger partial charge in [0.2, 0.25) is 5.91 Å². The third-order valence-electron chi connectivity index (χ3n) is 7.55. The first-order valence-corrected chi connectivity index (χ1v) is 12.9. The van der Waals surface area contributed by atoms with Crippen LogP contribution >= 0.6 is 11.6 Å². The molecule has 2 aliphatic heterocycles. The Bertz CT molecular complexity index is 906. The van der Waals surface area contributed by atoms with E-state index in [-0.39, 0.29) is 17.9 Å². The van der Waals surface area contributed by atoms with E-state index >= 15 is 0 Å². The molecular weight excluding hydrogens is 452 g/mol. The molecule has 2 heterocycles. The summed E-state index contributed by atoms with van der Waals surface area (Å²) in [5.41, 5.74) is 6.63. The van der Waals surface area contributed by atoms with Gasteiger partial charge in [-0.2, -0.15) is 0 Å². The molecule has 186 valence electrons. The maximum absolute atomic E-state index is 12.8. The van der Waals surface area contributed by atoms with Crippen molar-refractivity contribution in [3.63, 3.8) is 0 Å². The molecule has 3 N–H and O–H groups in total. The first kappa shape index (κ1) is 24.9. The van der Waals surface area contributed by atoms with Crippen LogP contribution in [-0.4, -0.2) is 67.5 Å². The molecule has 0 bridgehead atoms. The van der Waals surface area contributed by atoms with E-state index in [4.69, 9.17) is 22.1 Å². The minimum Gasteiger partial charge on any atom is -0.496 e. The van der Waals surface area contributed by atoms with E-state index in [9.17, 15) is 9.59 Å². The lowest BCUT2D eigenvalue weighted by Crippen LogP contribution is -2.48.